The highest BCUT2D eigenvalue weighted by Crippen LogP contribution is 2.24. The molecule has 0 saturated heterocycles. The van der Waals surface area contributed by atoms with Gasteiger partial charge in [0.25, 0.3) is 0 Å². The molecule has 0 radical (unpaired) electrons. The minimum absolute atomic E-state index is 0.0574. The summed E-state index contributed by atoms with van der Waals surface area (Å²) in [6.07, 6.45) is 2.72. The number of carbonyl (C=O) groups excluding carboxylic acids is 2. The van der Waals surface area contributed by atoms with E-state index < -0.39 is 0 Å². The van der Waals surface area contributed by atoms with Crippen molar-refractivity contribution < 1.29 is 9.59 Å². The van der Waals surface area contributed by atoms with Gasteiger partial charge in [-0.25, -0.2) is 14.6 Å². The van der Waals surface area contributed by atoms with Gasteiger partial charge >= 0.3 is 0 Å². The minimum atomic E-state index is -0.256. The highest BCUT2D eigenvalue weighted by Gasteiger charge is 2.24. The van der Waals surface area contributed by atoms with Crippen molar-refractivity contribution in [1.29, 1.82) is 0 Å². The second kappa shape index (κ2) is 6.41. The molecular weight excluding hydrogens is 318 g/mol. The van der Waals surface area contributed by atoms with Gasteiger partial charge in [0.1, 0.15) is 0 Å². The van der Waals surface area contributed by atoms with Gasteiger partial charge in [0, 0.05) is 19.7 Å². The SMILES string of the molecule is C[C@@H]1CC(=O)c2cnc(NC(=O)CSc3nnnn3C)nc2C1. The van der Waals surface area contributed by atoms with Crippen LogP contribution in [0.25, 0.3) is 0 Å². The van der Waals surface area contributed by atoms with Crippen LogP contribution in [0.5, 0.6) is 0 Å². The molecule has 1 N–H and O–H groups in total. The zero-order valence-corrected chi connectivity index (χ0v) is 13.5. The van der Waals surface area contributed by atoms with E-state index in [0.29, 0.717) is 29.3 Å². The van der Waals surface area contributed by atoms with Gasteiger partial charge in [0.15, 0.2) is 5.78 Å². The van der Waals surface area contributed by atoms with E-state index in [1.165, 1.54) is 22.6 Å². The molecule has 10 heteroatoms. The molecule has 1 aliphatic carbocycles. The quantitative estimate of drug-likeness (QED) is 0.804. The Morgan fingerprint density at radius 3 is 3.04 bits per heavy atom. The monoisotopic (exact) mass is 333 g/mol. The van der Waals surface area contributed by atoms with Crippen molar-refractivity contribution in [2.45, 2.75) is 24.9 Å². The average Bonchev–Trinajstić information content (AvgIpc) is 2.90. The molecule has 2 heterocycles. The third-order valence-corrected chi connectivity index (χ3v) is 4.42. The van der Waals surface area contributed by atoms with E-state index >= 15 is 0 Å². The van der Waals surface area contributed by atoms with Crippen LogP contribution in [0, 0.1) is 5.92 Å². The van der Waals surface area contributed by atoms with Gasteiger partial charge < -0.3 is 0 Å². The van der Waals surface area contributed by atoms with Crippen LogP contribution in [-0.4, -0.2) is 47.6 Å². The molecule has 0 aliphatic heterocycles. The number of aryl methyl sites for hydroxylation is 1. The van der Waals surface area contributed by atoms with Crippen molar-refractivity contribution in [3.8, 4) is 0 Å². The van der Waals surface area contributed by atoms with Gasteiger partial charge in [-0.2, -0.15) is 0 Å². The first-order chi connectivity index (χ1) is 11.0. The summed E-state index contributed by atoms with van der Waals surface area (Å²) in [6.45, 7) is 2.01. The molecule has 9 nitrogen and oxygen atoms in total. The van der Waals surface area contributed by atoms with E-state index in [9.17, 15) is 9.59 Å². The fourth-order valence-corrected chi connectivity index (χ4v) is 2.98. The summed E-state index contributed by atoms with van der Waals surface area (Å²) in [5.74, 6) is 0.416. The zero-order chi connectivity index (χ0) is 16.4. The summed E-state index contributed by atoms with van der Waals surface area (Å²) in [5.41, 5.74) is 1.25. The summed E-state index contributed by atoms with van der Waals surface area (Å²) >= 11 is 1.22. The van der Waals surface area contributed by atoms with Gasteiger partial charge in [-0.1, -0.05) is 18.7 Å². The largest absolute Gasteiger partial charge is 0.294 e. The van der Waals surface area contributed by atoms with Crippen LogP contribution in [0.1, 0.15) is 29.4 Å². The van der Waals surface area contributed by atoms with Gasteiger partial charge in [0.05, 0.1) is 17.0 Å². The number of Topliss-reactive ketones (excluding diaryl/α,β-unsaturated/α-hetero) is 1. The smallest absolute Gasteiger partial charge is 0.237 e. The van der Waals surface area contributed by atoms with Crippen LogP contribution >= 0.6 is 11.8 Å². The number of rotatable bonds is 4. The number of fused-ring (bicyclic) bond motifs is 1. The van der Waals surface area contributed by atoms with Crippen molar-refractivity contribution in [2.75, 3.05) is 11.1 Å². The van der Waals surface area contributed by atoms with Crippen LogP contribution in [0.15, 0.2) is 11.4 Å². The van der Waals surface area contributed by atoms with Gasteiger partial charge in [-0.15, -0.1) is 5.10 Å². The van der Waals surface area contributed by atoms with Crippen LogP contribution in [-0.2, 0) is 18.3 Å². The van der Waals surface area contributed by atoms with Crippen molar-refractivity contribution in [1.82, 2.24) is 30.2 Å². The topological polar surface area (TPSA) is 116 Å². The van der Waals surface area contributed by atoms with E-state index in [4.69, 9.17) is 0 Å². The molecule has 1 atom stereocenters. The van der Waals surface area contributed by atoms with E-state index in [0.717, 1.165) is 0 Å². The first-order valence-corrected chi connectivity index (χ1v) is 8.05. The molecule has 23 heavy (non-hydrogen) atoms. The Morgan fingerprint density at radius 2 is 2.30 bits per heavy atom. The lowest BCUT2D eigenvalue weighted by Crippen LogP contribution is -2.22. The summed E-state index contributed by atoms with van der Waals surface area (Å²) < 4.78 is 1.49. The van der Waals surface area contributed by atoms with Gasteiger partial charge in [-0.3, -0.25) is 14.9 Å². The van der Waals surface area contributed by atoms with E-state index in [1.807, 2.05) is 6.92 Å². The van der Waals surface area contributed by atoms with Crippen molar-refractivity contribution in [2.24, 2.45) is 13.0 Å². The average molecular weight is 333 g/mol. The molecule has 0 saturated carbocycles. The normalized spacial score (nSPS) is 17.0. The van der Waals surface area contributed by atoms with E-state index in [1.54, 1.807) is 7.05 Å². The van der Waals surface area contributed by atoms with E-state index in [2.05, 4.69) is 30.8 Å². The molecule has 0 fully saturated rings. The highest BCUT2D eigenvalue weighted by molar-refractivity contribution is 7.99. The number of ketones is 1. The lowest BCUT2D eigenvalue weighted by Gasteiger charge is -2.19. The third kappa shape index (κ3) is 3.52. The molecule has 2 aromatic rings. The van der Waals surface area contributed by atoms with Crippen LogP contribution in [0.2, 0.25) is 0 Å². The van der Waals surface area contributed by atoms with Gasteiger partial charge in [0.2, 0.25) is 17.0 Å². The fourth-order valence-electron chi connectivity index (χ4n) is 2.33. The van der Waals surface area contributed by atoms with Crippen molar-refractivity contribution in [3.05, 3.63) is 17.5 Å². The lowest BCUT2D eigenvalue weighted by molar-refractivity contribution is -0.113. The van der Waals surface area contributed by atoms with Crippen LogP contribution < -0.4 is 5.32 Å². The number of carbonyl (C=O) groups is 2. The Labute approximate surface area is 136 Å². The first kappa shape index (κ1) is 15.5. The van der Waals surface area contributed by atoms with Crippen molar-refractivity contribution >= 4 is 29.4 Å². The molecule has 0 spiro atoms. The molecular formula is C13H15N7O2S. The number of tetrazole rings is 1. The minimum Gasteiger partial charge on any atom is -0.294 e. The van der Waals surface area contributed by atoms with Crippen molar-refractivity contribution in [3.63, 3.8) is 0 Å². The van der Waals surface area contributed by atoms with Crippen LogP contribution in [0.3, 0.4) is 0 Å². The van der Waals surface area contributed by atoms with Crippen LogP contribution in [0.4, 0.5) is 5.95 Å². The molecule has 0 bridgehead atoms. The maximum atomic E-state index is 12.0. The summed E-state index contributed by atoms with van der Waals surface area (Å²) in [5, 5.41) is 14.2. The first-order valence-electron chi connectivity index (χ1n) is 7.07. The van der Waals surface area contributed by atoms with E-state index in [-0.39, 0.29) is 29.3 Å². The second-order valence-electron chi connectivity index (χ2n) is 5.41. The standard InChI is InChI=1S/C13H15N7O2S/c1-7-3-9-8(10(21)4-7)5-14-12(15-9)16-11(22)6-23-13-17-18-19-20(13)2/h5,7H,3-4,6H2,1-2H3,(H,14,15,16,22)/t7-/m0/s1. The molecule has 120 valence electrons. The fraction of sp³-hybridized carbons (Fsp3) is 0.462. The summed E-state index contributed by atoms with van der Waals surface area (Å²) in [4.78, 5) is 32.2. The Hall–Kier alpha value is -2.36. The number of hydrogen-bond donors (Lipinski definition) is 1. The zero-order valence-electron chi connectivity index (χ0n) is 12.7. The number of amides is 1. The molecule has 1 amide bonds. The Kier molecular flexibility index (Phi) is 4.33. The number of hydrogen-bond acceptors (Lipinski definition) is 8. The Balaban J connectivity index is 1.64. The molecule has 2 aromatic heterocycles. The highest BCUT2D eigenvalue weighted by atomic mass is 32.2. The Bertz CT molecular complexity index is 761. The number of nitrogens with one attached hydrogen (secondary N) is 1. The number of aromatic nitrogens is 6. The molecule has 1 aliphatic rings. The molecule has 3 rings (SSSR count). The maximum Gasteiger partial charge on any atom is 0.237 e. The summed E-state index contributed by atoms with van der Waals surface area (Å²) in [6, 6.07) is 0. The predicted octanol–water partition coefficient (Wildman–Crippen LogP) is 0.496. The maximum absolute atomic E-state index is 12.0. The molecule has 0 unspecified atom stereocenters. The Morgan fingerprint density at radius 1 is 1.48 bits per heavy atom. The number of nitrogens with zero attached hydrogens (tertiary/aromatic N) is 6. The molecule has 0 aromatic carbocycles. The second-order valence-corrected chi connectivity index (χ2v) is 6.35. The third-order valence-electron chi connectivity index (χ3n) is 3.41. The number of thioether (sulfide) groups is 1. The summed E-state index contributed by atoms with van der Waals surface area (Å²) in [7, 11) is 1.70. The lowest BCUT2D eigenvalue weighted by atomic mass is 9.88. The number of anilines is 1. The van der Waals surface area contributed by atoms with Gasteiger partial charge in [-0.05, 0) is 22.8 Å². The predicted molar refractivity (Wildman–Crippen MR) is 82.0 cm³/mol.